The van der Waals surface area contributed by atoms with Crippen molar-refractivity contribution in [3.05, 3.63) is 84.1 Å². The van der Waals surface area contributed by atoms with Gasteiger partial charge in [-0.2, -0.15) is 0 Å². The first-order valence-corrected chi connectivity index (χ1v) is 12.1. The average Bonchev–Trinajstić information content (AvgIpc) is 3.67. The number of aromatic nitrogens is 2. The van der Waals surface area contributed by atoms with Crippen molar-refractivity contribution in [3.8, 4) is 22.5 Å². The van der Waals surface area contributed by atoms with Crippen molar-refractivity contribution >= 4 is 22.1 Å². The molecule has 0 N–H and O–H groups in total. The van der Waals surface area contributed by atoms with Gasteiger partial charge in [-0.1, -0.05) is 42.8 Å². The molecule has 3 unspecified atom stereocenters. The average molecular weight is 450 g/mol. The van der Waals surface area contributed by atoms with E-state index in [9.17, 15) is 0 Å². The third kappa shape index (κ3) is 3.26. The lowest BCUT2D eigenvalue weighted by atomic mass is 9.84. The van der Waals surface area contributed by atoms with Crippen molar-refractivity contribution in [2.24, 2.45) is 17.8 Å². The van der Waals surface area contributed by atoms with E-state index >= 15 is 0 Å². The second-order valence-corrected chi connectivity index (χ2v) is 9.74. The van der Waals surface area contributed by atoms with Crippen LogP contribution in [0.25, 0.3) is 44.6 Å². The van der Waals surface area contributed by atoms with Gasteiger partial charge in [0.1, 0.15) is 5.58 Å². The van der Waals surface area contributed by atoms with Gasteiger partial charge in [-0.25, -0.2) is 4.98 Å². The molecule has 2 saturated carbocycles. The van der Waals surface area contributed by atoms with Crippen molar-refractivity contribution in [2.45, 2.75) is 38.9 Å². The minimum absolute atomic E-state index is 0.0104. The molecule has 0 spiro atoms. The van der Waals surface area contributed by atoms with Gasteiger partial charge in [0.25, 0.3) is 0 Å². The van der Waals surface area contributed by atoms with Gasteiger partial charge in [0.05, 0.1) is 11.4 Å². The van der Waals surface area contributed by atoms with Crippen LogP contribution in [0, 0.1) is 24.6 Å². The Hall–Kier alpha value is -3.46. The summed E-state index contributed by atoms with van der Waals surface area (Å²) >= 11 is 0. The van der Waals surface area contributed by atoms with Crippen LogP contribution in [-0.2, 0) is 6.37 Å². The number of pyridine rings is 2. The quantitative estimate of drug-likeness (QED) is 0.279. The summed E-state index contributed by atoms with van der Waals surface area (Å²) in [5.41, 5.74) is 4.43. The number of furan rings is 1. The molecule has 3 nitrogen and oxygen atoms in total. The highest BCUT2D eigenvalue weighted by atomic mass is 16.3. The van der Waals surface area contributed by atoms with Crippen LogP contribution in [0.2, 0.25) is 0 Å². The summed E-state index contributed by atoms with van der Waals surface area (Å²) in [5.74, 6) is 1.09. The minimum atomic E-state index is -2.35. The largest absolute Gasteiger partial charge is 0.437 e. The van der Waals surface area contributed by atoms with E-state index in [4.69, 9.17) is 16.3 Å². The Balaban J connectivity index is 1.39. The maximum Gasteiger partial charge on any atom is 0.227 e. The van der Waals surface area contributed by atoms with Crippen LogP contribution in [0.3, 0.4) is 0 Å². The summed E-state index contributed by atoms with van der Waals surface area (Å²) in [4.78, 5) is 9.33. The van der Waals surface area contributed by atoms with Gasteiger partial charge in [-0.15, -0.1) is 0 Å². The fourth-order valence-corrected chi connectivity index (χ4v) is 6.04. The van der Waals surface area contributed by atoms with Crippen molar-refractivity contribution < 1.29 is 11.3 Å². The fraction of sp³-hybridized carbons (Fsp3) is 0.290. The van der Waals surface area contributed by atoms with Crippen LogP contribution in [0.15, 0.2) is 77.3 Å². The Morgan fingerprint density at radius 3 is 2.76 bits per heavy atom. The van der Waals surface area contributed by atoms with Crippen LogP contribution in [-0.4, -0.2) is 9.97 Å². The van der Waals surface area contributed by atoms with Crippen LogP contribution in [0.1, 0.15) is 43.7 Å². The maximum absolute atomic E-state index is 9.08. The highest BCUT2D eigenvalue weighted by Gasteiger charge is 2.39. The molecule has 2 bridgehead atoms. The number of hydrogen-bond donors (Lipinski definition) is 0. The molecule has 0 amide bonds. The second kappa shape index (κ2) is 7.80. The van der Waals surface area contributed by atoms with E-state index in [0.717, 1.165) is 30.5 Å². The zero-order valence-corrected chi connectivity index (χ0v) is 18.8. The molecule has 2 aliphatic rings. The van der Waals surface area contributed by atoms with Crippen LogP contribution >= 0.6 is 0 Å². The summed E-state index contributed by atoms with van der Waals surface area (Å²) in [6, 6.07) is 20.4. The molecule has 3 atom stereocenters. The molecule has 168 valence electrons. The molecule has 0 radical (unpaired) electrons. The Bertz CT molecular complexity index is 1710. The Morgan fingerprint density at radius 1 is 1.00 bits per heavy atom. The van der Waals surface area contributed by atoms with E-state index in [2.05, 4.69) is 4.98 Å². The molecule has 0 saturated heterocycles. The standard InChI is InChI=1S/C31H28N2O/c1-19-7-10-25(28-18-21(13-14-32-28)17-24-16-20-8-9-23(24)15-20)30-29(19)26-11-12-27(33-31(26)34-30)22-5-3-2-4-6-22/h2-7,10-14,18,20,23-24H,8-9,15-17H2,1H3/i1D3,17D2. The number of nitrogens with zero attached hydrogens (tertiary/aromatic N) is 2. The van der Waals surface area contributed by atoms with Gasteiger partial charge in [0.15, 0.2) is 0 Å². The predicted octanol–water partition coefficient (Wildman–Crippen LogP) is 8.00. The third-order valence-corrected chi connectivity index (χ3v) is 7.68. The zero-order chi connectivity index (χ0) is 26.9. The summed E-state index contributed by atoms with van der Waals surface area (Å²) in [5, 5.41) is 1.13. The molecule has 0 aliphatic heterocycles. The summed E-state index contributed by atoms with van der Waals surface area (Å²) in [7, 11) is 0. The number of benzene rings is 2. The van der Waals surface area contributed by atoms with E-state index in [0.29, 0.717) is 50.7 Å². The van der Waals surface area contributed by atoms with E-state index in [1.54, 1.807) is 24.4 Å². The first-order valence-electron chi connectivity index (χ1n) is 14.6. The van der Waals surface area contributed by atoms with Gasteiger partial charge < -0.3 is 4.42 Å². The lowest BCUT2D eigenvalue weighted by Gasteiger charge is -2.21. The highest BCUT2D eigenvalue weighted by molar-refractivity contribution is 6.10. The molecular weight excluding hydrogens is 416 g/mol. The smallest absolute Gasteiger partial charge is 0.227 e. The summed E-state index contributed by atoms with van der Waals surface area (Å²) < 4.78 is 49.0. The van der Waals surface area contributed by atoms with Gasteiger partial charge >= 0.3 is 0 Å². The van der Waals surface area contributed by atoms with Crippen molar-refractivity contribution in [3.63, 3.8) is 0 Å². The molecule has 2 aliphatic carbocycles. The van der Waals surface area contributed by atoms with Gasteiger partial charge in [-0.3, -0.25) is 4.98 Å². The SMILES string of the molecule is [2H]C([2H])([2H])c1ccc(-c2cc(C([2H])([2H])C3CC4CCC3C4)ccn2)c2oc3nc(-c4ccccc4)ccc3c12. The van der Waals surface area contributed by atoms with Gasteiger partial charge in [0, 0.05) is 34.9 Å². The molecule has 5 aromatic rings. The Morgan fingerprint density at radius 2 is 1.94 bits per heavy atom. The molecule has 2 aromatic carbocycles. The van der Waals surface area contributed by atoms with E-state index in [-0.39, 0.29) is 11.5 Å². The summed E-state index contributed by atoms with van der Waals surface area (Å²) in [6.07, 6.45) is 4.59. The van der Waals surface area contributed by atoms with Crippen molar-refractivity contribution in [1.29, 1.82) is 0 Å². The third-order valence-electron chi connectivity index (χ3n) is 7.68. The first-order chi connectivity index (χ1) is 18.7. The zero-order valence-electron chi connectivity index (χ0n) is 23.8. The fourth-order valence-electron chi connectivity index (χ4n) is 6.04. The topological polar surface area (TPSA) is 38.9 Å². The highest BCUT2D eigenvalue weighted by Crippen LogP contribution is 2.49. The van der Waals surface area contributed by atoms with Crippen LogP contribution in [0.4, 0.5) is 0 Å². The minimum Gasteiger partial charge on any atom is -0.437 e. The summed E-state index contributed by atoms with van der Waals surface area (Å²) in [6.45, 7) is -2.35. The van der Waals surface area contributed by atoms with Crippen molar-refractivity contribution in [1.82, 2.24) is 9.97 Å². The second-order valence-electron chi connectivity index (χ2n) is 9.74. The molecule has 3 aromatic heterocycles. The lowest BCUT2D eigenvalue weighted by Crippen LogP contribution is -2.13. The molecule has 3 heterocycles. The first kappa shape index (κ1) is 15.4. The number of aryl methyl sites for hydroxylation is 1. The lowest BCUT2D eigenvalue weighted by molar-refractivity contribution is 0.331. The molecule has 3 heteroatoms. The van der Waals surface area contributed by atoms with Crippen LogP contribution in [0.5, 0.6) is 0 Å². The molecule has 7 rings (SSSR count). The van der Waals surface area contributed by atoms with Gasteiger partial charge in [-0.05, 0) is 91.7 Å². The normalized spacial score (nSPS) is 24.6. The maximum atomic E-state index is 9.08. The van der Waals surface area contributed by atoms with Crippen LogP contribution < -0.4 is 0 Å². The Labute approximate surface area is 206 Å². The number of hydrogen-bond acceptors (Lipinski definition) is 3. The predicted molar refractivity (Wildman–Crippen MR) is 138 cm³/mol. The molecule has 34 heavy (non-hydrogen) atoms. The van der Waals surface area contributed by atoms with E-state index in [1.807, 2.05) is 48.5 Å². The van der Waals surface area contributed by atoms with E-state index in [1.165, 1.54) is 6.42 Å². The molecular formula is C31H28N2O. The number of fused-ring (bicyclic) bond motifs is 5. The number of rotatable bonds is 4. The molecule has 2 fully saturated rings. The monoisotopic (exact) mass is 449 g/mol. The van der Waals surface area contributed by atoms with Crippen molar-refractivity contribution in [2.75, 3.05) is 0 Å². The van der Waals surface area contributed by atoms with Gasteiger partial charge in [0.2, 0.25) is 5.71 Å². The Kier molecular flexibility index (Phi) is 3.54. The van der Waals surface area contributed by atoms with E-state index < -0.39 is 13.2 Å².